The third kappa shape index (κ3) is 3.38. The van der Waals surface area contributed by atoms with Gasteiger partial charge in [-0.15, -0.1) is 0 Å². The van der Waals surface area contributed by atoms with Crippen molar-refractivity contribution in [3.05, 3.63) is 18.6 Å². The summed E-state index contributed by atoms with van der Waals surface area (Å²) in [5.41, 5.74) is 0.823. The average molecular weight is 409 g/mol. The summed E-state index contributed by atoms with van der Waals surface area (Å²) in [7, 11) is 0. The quantitative estimate of drug-likeness (QED) is 0.766. The molecule has 6 nitrogen and oxygen atoms in total. The highest BCUT2D eigenvalue weighted by Crippen LogP contribution is 2.46. The summed E-state index contributed by atoms with van der Waals surface area (Å²) in [4.78, 5) is 15.7. The molecular weight excluding hydrogens is 383 g/mol. The molecule has 5 atom stereocenters. The Balaban J connectivity index is 1.27. The SMILES string of the molecule is CCC(C1CCN(c2ncnc3[nH]ccc23)C1)C1OC1N1CCCC1C(F)(F)F. The second-order valence-electron chi connectivity index (χ2n) is 8.43. The minimum absolute atomic E-state index is 0.0921. The third-order valence-corrected chi connectivity index (χ3v) is 6.86. The lowest BCUT2D eigenvalue weighted by atomic mass is 9.86. The maximum absolute atomic E-state index is 13.3. The predicted octanol–water partition coefficient (Wildman–Crippen LogP) is 3.56. The van der Waals surface area contributed by atoms with E-state index in [0.29, 0.717) is 18.9 Å². The Hall–Kier alpha value is -1.87. The normalized spacial score (nSPS) is 31.7. The van der Waals surface area contributed by atoms with Crippen LogP contribution in [0.3, 0.4) is 0 Å². The molecule has 5 unspecified atom stereocenters. The third-order valence-electron chi connectivity index (χ3n) is 6.86. The molecule has 0 radical (unpaired) electrons. The van der Waals surface area contributed by atoms with Crippen LogP contribution in [-0.2, 0) is 4.74 Å². The number of epoxide rings is 1. The number of hydrogen-bond acceptors (Lipinski definition) is 5. The molecule has 3 fully saturated rings. The monoisotopic (exact) mass is 409 g/mol. The van der Waals surface area contributed by atoms with E-state index in [1.807, 2.05) is 12.3 Å². The minimum atomic E-state index is -4.17. The highest BCUT2D eigenvalue weighted by atomic mass is 19.4. The van der Waals surface area contributed by atoms with E-state index >= 15 is 0 Å². The highest BCUT2D eigenvalue weighted by Gasteiger charge is 2.57. The van der Waals surface area contributed by atoms with Gasteiger partial charge in [0.2, 0.25) is 0 Å². The zero-order valence-electron chi connectivity index (χ0n) is 16.4. The first-order valence-corrected chi connectivity index (χ1v) is 10.5. The van der Waals surface area contributed by atoms with Crippen LogP contribution in [-0.4, -0.2) is 64.0 Å². The number of rotatable bonds is 5. The highest BCUT2D eigenvalue weighted by molar-refractivity contribution is 5.87. The van der Waals surface area contributed by atoms with Crippen molar-refractivity contribution in [3.63, 3.8) is 0 Å². The van der Waals surface area contributed by atoms with Gasteiger partial charge in [0, 0.05) is 25.8 Å². The van der Waals surface area contributed by atoms with Crippen molar-refractivity contribution in [1.29, 1.82) is 0 Å². The number of nitrogens with zero attached hydrogens (tertiary/aromatic N) is 4. The Morgan fingerprint density at radius 3 is 2.93 bits per heavy atom. The maximum Gasteiger partial charge on any atom is 0.404 e. The Bertz CT molecular complexity index is 871. The number of nitrogens with one attached hydrogen (secondary N) is 1. The zero-order valence-corrected chi connectivity index (χ0v) is 16.4. The molecule has 3 saturated heterocycles. The first-order chi connectivity index (χ1) is 14.0. The average Bonchev–Trinajstić information content (AvgIpc) is 3.15. The van der Waals surface area contributed by atoms with Crippen LogP contribution in [0.1, 0.15) is 32.6 Å². The molecule has 3 aliphatic rings. The number of ether oxygens (including phenoxy) is 1. The van der Waals surface area contributed by atoms with Gasteiger partial charge in [-0.1, -0.05) is 13.3 Å². The summed E-state index contributed by atoms with van der Waals surface area (Å²) < 4.78 is 45.9. The molecule has 1 N–H and O–H groups in total. The number of fused-ring (bicyclic) bond motifs is 1. The molecule has 5 heterocycles. The van der Waals surface area contributed by atoms with E-state index in [-0.39, 0.29) is 24.7 Å². The van der Waals surface area contributed by atoms with Crippen LogP contribution in [0.5, 0.6) is 0 Å². The van der Waals surface area contributed by atoms with Gasteiger partial charge in [0.1, 0.15) is 36.2 Å². The van der Waals surface area contributed by atoms with Gasteiger partial charge in [-0.05, 0) is 37.2 Å². The van der Waals surface area contributed by atoms with Crippen LogP contribution >= 0.6 is 0 Å². The van der Waals surface area contributed by atoms with Gasteiger partial charge in [0.15, 0.2) is 0 Å². The Morgan fingerprint density at radius 1 is 1.28 bits per heavy atom. The molecule has 9 heteroatoms. The first kappa shape index (κ1) is 19.1. The van der Waals surface area contributed by atoms with Gasteiger partial charge >= 0.3 is 6.18 Å². The maximum atomic E-state index is 13.3. The molecule has 0 spiro atoms. The number of likely N-dealkylation sites (tertiary alicyclic amines) is 1. The standard InChI is InChI=1S/C20H26F3N5O/c1-2-13(16-19(29-16)28-8-3-4-15(28)20(21,22)23)12-6-9-27(10-12)18-14-5-7-24-17(14)25-11-26-18/h5,7,11-13,15-16,19H,2-4,6,8-10H2,1H3,(H,24,25,26). The molecular formula is C20H26F3N5O. The van der Waals surface area contributed by atoms with Crippen molar-refractivity contribution < 1.29 is 17.9 Å². The fourth-order valence-corrected chi connectivity index (χ4v) is 5.41. The number of aromatic amines is 1. The van der Waals surface area contributed by atoms with Crippen molar-refractivity contribution >= 4 is 16.9 Å². The van der Waals surface area contributed by atoms with Gasteiger partial charge in [0.25, 0.3) is 0 Å². The van der Waals surface area contributed by atoms with E-state index in [4.69, 9.17) is 4.74 Å². The molecule has 29 heavy (non-hydrogen) atoms. The molecule has 0 bridgehead atoms. The predicted molar refractivity (Wildman–Crippen MR) is 102 cm³/mol. The largest absolute Gasteiger partial charge is 0.404 e. The molecule has 3 aliphatic heterocycles. The number of aromatic nitrogens is 3. The van der Waals surface area contributed by atoms with E-state index in [1.165, 1.54) is 0 Å². The summed E-state index contributed by atoms with van der Waals surface area (Å²) in [6, 6.07) is 0.637. The van der Waals surface area contributed by atoms with Crippen molar-refractivity contribution in [2.45, 2.75) is 57.2 Å². The number of anilines is 1. The second kappa shape index (κ2) is 7.12. The lowest BCUT2D eigenvalue weighted by Gasteiger charge is -2.26. The van der Waals surface area contributed by atoms with Gasteiger partial charge in [-0.25, -0.2) is 9.97 Å². The molecule has 0 saturated carbocycles. The van der Waals surface area contributed by atoms with E-state index in [0.717, 1.165) is 42.8 Å². The zero-order chi connectivity index (χ0) is 20.2. The van der Waals surface area contributed by atoms with Crippen molar-refractivity contribution in [2.24, 2.45) is 11.8 Å². The van der Waals surface area contributed by atoms with E-state index < -0.39 is 12.2 Å². The Kier molecular flexibility index (Phi) is 4.70. The van der Waals surface area contributed by atoms with Gasteiger partial charge < -0.3 is 14.6 Å². The minimum Gasteiger partial charge on any atom is -0.356 e. The summed E-state index contributed by atoms with van der Waals surface area (Å²) in [5, 5.41) is 1.01. The molecule has 5 rings (SSSR count). The summed E-state index contributed by atoms with van der Waals surface area (Å²) in [6.07, 6.45) is 1.48. The molecule has 2 aromatic rings. The van der Waals surface area contributed by atoms with Crippen LogP contribution in [0.25, 0.3) is 11.0 Å². The topological polar surface area (TPSA) is 60.6 Å². The smallest absolute Gasteiger partial charge is 0.356 e. The number of alkyl halides is 3. The lowest BCUT2D eigenvalue weighted by Crippen LogP contribution is -2.44. The molecule has 0 aromatic carbocycles. The van der Waals surface area contributed by atoms with Gasteiger partial charge in [0.05, 0.1) is 5.39 Å². The van der Waals surface area contributed by atoms with Gasteiger partial charge in [-0.2, -0.15) is 13.2 Å². The molecule has 0 amide bonds. The van der Waals surface area contributed by atoms with Crippen LogP contribution < -0.4 is 4.90 Å². The van der Waals surface area contributed by atoms with Crippen molar-refractivity contribution in [1.82, 2.24) is 19.9 Å². The van der Waals surface area contributed by atoms with E-state index in [9.17, 15) is 13.2 Å². The summed E-state index contributed by atoms with van der Waals surface area (Å²) in [5.74, 6) is 1.59. The Morgan fingerprint density at radius 2 is 2.14 bits per heavy atom. The van der Waals surface area contributed by atoms with Crippen LogP contribution in [0.2, 0.25) is 0 Å². The van der Waals surface area contributed by atoms with E-state index in [1.54, 1.807) is 11.2 Å². The fraction of sp³-hybridized carbons (Fsp3) is 0.700. The number of H-pyrrole nitrogens is 1. The molecule has 2 aromatic heterocycles. The summed E-state index contributed by atoms with van der Waals surface area (Å²) in [6.45, 7) is 4.34. The molecule has 0 aliphatic carbocycles. The van der Waals surface area contributed by atoms with Crippen molar-refractivity contribution in [2.75, 3.05) is 24.5 Å². The van der Waals surface area contributed by atoms with Crippen LogP contribution in [0.15, 0.2) is 18.6 Å². The Labute approximate surface area is 167 Å². The molecule has 158 valence electrons. The summed E-state index contributed by atoms with van der Waals surface area (Å²) >= 11 is 0. The van der Waals surface area contributed by atoms with Crippen molar-refractivity contribution in [3.8, 4) is 0 Å². The van der Waals surface area contributed by atoms with E-state index in [2.05, 4.69) is 26.8 Å². The fourth-order valence-electron chi connectivity index (χ4n) is 5.41. The van der Waals surface area contributed by atoms with Crippen LogP contribution in [0, 0.1) is 11.8 Å². The lowest BCUT2D eigenvalue weighted by molar-refractivity contribution is -0.180. The first-order valence-electron chi connectivity index (χ1n) is 10.5. The van der Waals surface area contributed by atoms with Gasteiger partial charge in [-0.3, -0.25) is 4.90 Å². The second-order valence-corrected chi connectivity index (χ2v) is 8.43. The number of hydrogen-bond donors (Lipinski definition) is 1. The number of halogens is 3. The van der Waals surface area contributed by atoms with Crippen LogP contribution in [0.4, 0.5) is 19.0 Å².